The third-order valence-electron chi connectivity index (χ3n) is 4.54. The van der Waals surface area contributed by atoms with Crippen molar-refractivity contribution in [2.75, 3.05) is 16.5 Å². The van der Waals surface area contributed by atoms with Gasteiger partial charge in [0.05, 0.1) is 32.6 Å². The average Bonchev–Trinajstić information content (AvgIpc) is 3.17. The summed E-state index contributed by atoms with van der Waals surface area (Å²) in [5, 5.41) is 6.47. The largest absolute Gasteiger partial charge is 0.335 e. The Bertz CT molecular complexity index is 1140. The number of benzene rings is 2. The van der Waals surface area contributed by atoms with Gasteiger partial charge in [-0.1, -0.05) is 23.9 Å². The van der Waals surface area contributed by atoms with E-state index in [9.17, 15) is 13.2 Å². The van der Waals surface area contributed by atoms with Crippen molar-refractivity contribution < 1.29 is 17.8 Å². The summed E-state index contributed by atoms with van der Waals surface area (Å²) < 4.78 is 31.5. The van der Waals surface area contributed by atoms with Gasteiger partial charge >= 0.3 is 0 Å². The monoisotopic (exact) mass is 415 g/mol. The van der Waals surface area contributed by atoms with Crippen molar-refractivity contribution in [3.8, 4) is 0 Å². The van der Waals surface area contributed by atoms with Gasteiger partial charge in [-0.2, -0.15) is 18.5 Å². The summed E-state index contributed by atoms with van der Waals surface area (Å²) >= 11 is 1.54. The molecule has 144 valence electrons. The number of nitrogens with zero attached hydrogens (tertiary/aromatic N) is 3. The molecule has 0 saturated heterocycles. The van der Waals surface area contributed by atoms with E-state index >= 15 is 0 Å². The Morgan fingerprint density at radius 3 is 2.43 bits per heavy atom. The van der Waals surface area contributed by atoms with Gasteiger partial charge in [0, 0.05) is 11.4 Å². The minimum absolute atomic E-state index is 0.235. The molecule has 0 aliphatic carbocycles. The molecule has 0 aromatic heterocycles. The number of carbonyl (C=O) groups excluding carboxylic acids is 1. The minimum atomic E-state index is -4.29. The molecule has 2 heterocycles. The summed E-state index contributed by atoms with van der Waals surface area (Å²) in [5.41, 5.74) is 2.62. The van der Waals surface area contributed by atoms with E-state index in [0.717, 1.165) is 15.6 Å². The molecule has 0 fully saturated rings. The van der Waals surface area contributed by atoms with Crippen LogP contribution in [0.5, 0.6) is 0 Å². The molecule has 0 unspecified atom stereocenters. The Morgan fingerprint density at radius 2 is 1.79 bits per heavy atom. The quantitative estimate of drug-likeness (QED) is 0.610. The van der Waals surface area contributed by atoms with Crippen molar-refractivity contribution in [3.05, 3.63) is 59.1 Å². The Morgan fingerprint density at radius 1 is 1.11 bits per heavy atom. The molecule has 0 saturated carbocycles. The van der Waals surface area contributed by atoms with Gasteiger partial charge in [-0.3, -0.25) is 9.35 Å². The predicted octanol–water partition coefficient (Wildman–Crippen LogP) is 3.50. The number of rotatable bonds is 3. The van der Waals surface area contributed by atoms with Crippen LogP contribution in [0.1, 0.15) is 13.8 Å². The van der Waals surface area contributed by atoms with Crippen LogP contribution in [0.3, 0.4) is 0 Å². The van der Waals surface area contributed by atoms with Gasteiger partial charge in [0.2, 0.25) is 0 Å². The minimum Gasteiger partial charge on any atom is -0.335 e. The number of para-hydroxylation sites is 1. The van der Waals surface area contributed by atoms with Gasteiger partial charge in [-0.15, -0.1) is 0 Å². The van der Waals surface area contributed by atoms with E-state index in [4.69, 9.17) is 4.55 Å². The lowest BCUT2D eigenvalue weighted by molar-refractivity contribution is -0.114. The first-order valence-corrected chi connectivity index (χ1v) is 10.8. The van der Waals surface area contributed by atoms with Crippen LogP contribution in [0.4, 0.5) is 11.4 Å². The summed E-state index contributed by atoms with van der Waals surface area (Å²) in [6, 6.07) is 13.4. The fourth-order valence-corrected chi connectivity index (χ4v) is 5.01. The summed E-state index contributed by atoms with van der Waals surface area (Å²) in [4.78, 5) is 16.1. The molecule has 0 bridgehead atoms. The van der Waals surface area contributed by atoms with Crippen molar-refractivity contribution >= 4 is 44.9 Å². The zero-order valence-corrected chi connectivity index (χ0v) is 16.8. The topological polar surface area (TPSA) is 90.3 Å². The Labute approximate surface area is 167 Å². The van der Waals surface area contributed by atoms with Crippen molar-refractivity contribution in [3.63, 3.8) is 0 Å². The first-order valence-electron chi connectivity index (χ1n) is 8.57. The van der Waals surface area contributed by atoms with Crippen LogP contribution < -0.4 is 9.91 Å². The number of hydrazone groups is 1. The molecular weight excluding hydrogens is 398 g/mol. The molecule has 0 atom stereocenters. The van der Waals surface area contributed by atoms with Gasteiger partial charge in [0.1, 0.15) is 0 Å². The van der Waals surface area contributed by atoms with Crippen LogP contribution in [0, 0.1) is 0 Å². The molecule has 9 heteroatoms. The van der Waals surface area contributed by atoms with Crippen molar-refractivity contribution in [1.29, 1.82) is 0 Å². The van der Waals surface area contributed by atoms with Gasteiger partial charge in [0.25, 0.3) is 16.0 Å². The molecule has 4 rings (SSSR count). The predicted molar refractivity (Wildman–Crippen MR) is 109 cm³/mol. The Balaban J connectivity index is 1.72. The van der Waals surface area contributed by atoms with E-state index < -0.39 is 10.1 Å². The Kier molecular flexibility index (Phi) is 4.53. The summed E-state index contributed by atoms with van der Waals surface area (Å²) in [6.45, 7) is 4.53. The van der Waals surface area contributed by atoms with Crippen LogP contribution in [0.2, 0.25) is 0 Å². The highest BCUT2D eigenvalue weighted by atomic mass is 32.2. The lowest BCUT2D eigenvalue weighted by atomic mass is 10.1. The Hall–Kier alpha value is -2.62. The number of amides is 1. The van der Waals surface area contributed by atoms with Crippen LogP contribution in [-0.2, 0) is 14.9 Å². The van der Waals surface area contributed by atoms with Crippen LogP contribution in [0.15, 0.2) is 74.0 Å². The second-order valence-electron chi connectivity index (χ2n) is 6.27. The first kappa shape index (κ1) is 18.7. The summed E-state index contributed by atoms with van der Waals surface area (Å²) in [7, 11) is -4.29. The van der Waals surface area contributed by atoms with E-state index in [0.29, 0.717) is 23.5 Å². The average molecular weight is 415 g/mol. The highest BCUT2D eigenvalue weighted by Crippen LogP contribution is 2.48. The molecule has 2 aromatic rings. The number of hydrogen-bond acceptors (Lipinski definition) is 6. The fraction of sp³-hybridized carbons (Fsp3) is 0.158. The molecular formula is C19H17N3O4S2. The second kappa shape index (κ2) is 6.77. The van der Waals surface area contributed by atoms with E-state index in [1.807, 2.05) is 31.2 Å². The number of fused-ring (bicyclic) bond motifs is 1. The highest BCUT2D eigenvalue weighted by molar-refractivity contribution is 8.03. The molecule has 2 aromatic carbocycles. The number of anilines is 2. The molecule has 1 N–H and O–H groups in total. The van der Waals surface area contributed by atoms with Crippen LogP contribution in [0.25, 0.3) is 0 Å². The molecule has 28 heavy (non-hydrogen) atoms. The SMILES string of the molecule is CCN1/C(=C2\C(=O)N(c3ccc(S(=O)(=O)O)cc3)N=C2C)Sc2ccccc21. The third kappa shape index (κ3) is 3.01. The van der Waals surface area contributed by atoms with Gasteiger partial charge in [-0.05, 0) is 50.2 Å². The van der Waals surface area contributed by atoms with Gasteiger partial charge in [-0.25, -0.2) is 0 Å². The lowest BCUT2D eigenvalue weighted by Crippen LogP contribution is -2.26. The molecule has 2 aliphatic heterocycles. The van der Waals surface area contributed by atoms with E-state index in [2.05, 4.69) is 10.0 Å². The van der Waals surface area contributed by atoms with E-state index in [1.54, 1.807) is 18.7 Å². The highest BCUT2D eigenvalue weighted by Gasteiger charge is 2.36. The molecule has 0 spiro atoms. The fourth-order valence-electron chi connectivity index (χ4n) is 3.22. The summed E-state index contributed by atoms with van der Waals surface area (Å²) in [5.74, 6) is -0.272. The summed E-state index contributed by atoms with van der Waals surface area (Å²) in [6.07, 6.45) is 0. The van der Waals surface area contributed by atoms with Crippen LogP contribution in [-0.4, -0.2) is 31.1 Å². The van der Waals surface area contributed by atoms with Crippen molar-refractivity contribution in [2.45, 2.75) is 23.6 Å². The molecule has 2 aliphatic rings. The first-order chi connectivity index (χ1) is 13.3. The van der Waals surface area contributed by atoms with Crippen molar-refractivity contribution in [2.24, 2.45) is 5.10 Å². The lowest BCUT2D eigenvalue weighted by Gasteiger charge is -2.20. The maximum Gasteiger partial charge on any atom is 0.294 e. The molecule has 7 nitrogen and oxygen atoms in total. The van der Waals surface area contributed by atoms with E-state index in [1.165, 1.54) is 29.3 Å². The molecule has 0 radical (unpaired) electrons. The normalized spacial score (nSPS) is 19.2. The number of thioether (sulfide) groups is 1. The van der Waals surface area contributed by atoms with Gasteiger partial charge < -0.3 is 4.90 Å². The molecule has 1 amide bonds. The smallest absolute Gasteiger partial charge is 0.294 e. The maximum absolute atomic E-state index is 13.1. The zero-order valence-electron chi connectivity index (χ0n) is 15.2. The second-order valence-corrected chi connectivity index (χ2v) is 8.72. The number of hydrogen-bond donors (Lipinski definition) is 1. The van der Waals surface area contributed by atoms with Gasteiger partial charge in [0.15, 0.2) is 0 Å². The number of carbonyl (C=O) groups is 1. The maximum atomic E-state index is 13.1. The van der Waals surface area contributed by atoms with E-state index in [-0.39, 0.29) is 10.8 Å². The zero-order chi connectivity index (χ0) is 20.1. The van der Waals surface area contributed by atoms with Crippen LogP contribution >= 0.6 is 11.8 Å². The van der Waals surface area contributed by atoms with Crippen molar-refractivity contribution in [1.82, 2.24) is 0 Å². The third-order valence-corrected chi connectivity index (χ3v) is 6.59. The standard InChI is InChI=1S/C19H17N3O4S2/c1-3-21-15-6-4-5-7-16(15)27-19(21)17-12(2)20-22(18(17)23)13-8-10-14(11-9-13)28(24,25)26/h4-11H,3H2,1-2H3,(H,24,25,26)/b19-17+.